The molecular formula is C17H24N4O4S. The van der Waals surface area contributed by atoms with Crippen LogP contribution < -0.4 is 10.0 Å². The van der Waals surface area contributed by atoms with E-state index < -0.39 is 10.0 Å². The van der Waals surface area contributed by atoms with E-state index in [-0.39, 0.29) is 17.3 Å². The van der Waals surface area contributed by atoms with Crippen molar-refractivity contribution in [2.45, 2.75) is 44.9 Å². The Morgan fingerprint density at radius 3 is 2.54 bits per heavy atom. The van der Waals surface area contributed by atoms with Crippen molar-refractivity contribution in [3.8, 4) is 0 Å². The minimum atomic E-state index is -3.60. The molecule has 0 spiro atoms. The molecule has 0 aliphatic heterocycles. The first kappa shape index (κ1) is 20.1. The van der Waals surface area contributed by atoms with Crippen molar-refractivity contribution in [2.75, 3.05) is 11.9 Å². The molecule has 0 unspecified atom stereocenters. The second-order valence-corrected chi connectivity index (χ2v) is 8.18. The number of nitrogens with one attached hydrogen (secondary N) is 2. The maximum Gasteiger partial charge on any atom is 0.240 e. The van der Waals surface area contributed by atoms with Crippen molar-refractivity contribution < 1.29 is 17.7 Å². The Hall–Kier alpha value is -2.26. The van der Waals surface area contributed by atoms with E-state index in [1.807, 2.05) is 0 Å². The van der Waals surface area contributed by atoms with Gasteiger partial charge in [0.2, 0.25) is 21.8 Å². The Labute approximate surface area is 153 Å². The van der Waals surface area contributed by atoms with Crippen LogP contribution in [0, 0.1) is 5.92 Å². The van der Waals surface area contributed by atoms with Gasteiger partial charge in [-0.05, 0) is 36.6 Å². The predicted octanol–water partition coefficient (Wildman–Crippen LogP) is 2.14. The lowest BCUT2D eigenvalue weighted by Gasteiger charge is -2.07. The lowest BCUT2D eigenvalue weighted by atomic mass is 10.1. The molecule has 8 nitrogen and oxygen atoms in total. The summed E-state index contributed by atoms with van der Waals surface area (Å²) in [4.78, 5) is 15.4. The molecule has 0 saturated carbocycles. The fraction of sp³-hybridized carbons (Fsp3) is 0.471. The maximum absolute atomic E-state index is 12.3. The van der Waals surface area contributed by atoms with Crippen LogP contribution in [0.3, 0.4) is 0 Å². The van der Waals surface area contributed by atoms with E-state index >= 15 is 0 Å². The molecule has 26 heavy (non-hydrogen) atoms. The number of anilines is 1. The molecule has 0 aliphatic carbocycles. The van der Waals surface area contributed by atoms with Gasteiger partial charge in [0.05, 0.1) is 4.90 Å². The quantitative estimate of drug-likeness (QED) is 0.644. The van der Waals surface area contributed by atoms with Crippen LogP contribution in [0.15, 0.2) is 33.7 Å². The molecule has 2 rings (SSSR count). The first-order chi connectivity index (χ1) is 12.3. The van der Waals surface area contributed by atoms with Gasteiger partial charge in [0.1, 0.15) is 0 Å². The second kappa shape index (κ2) is 8.91. The van der Waals surface area contributed by atoms with Gasteiger partial charge < -0.3 is 9.84 Å². The molecule has 0 radical (unpaired) electrons. The summed E-state index contributed by atoms with van der Waals surface area (Å²) in [5.41, 5.74) is 0.546. The van der Waals surface area contributed by atoms with E-state index in [0.717, 1.165) is 6.42 Å². The third-order valence-corrected chi connectivity index (χ3v) is 4.92. The summed E-state index contributed by atoms with van der Waals surface area (Å²) >= 11 is 0. The van der Waals surface area contributed by atoms with Crippen LogP contribution in [0.2, 0.25) is 0 Å². The number of sulfonamides is 1. The number of hydrogen-bond acceptors (Lipinski definition) is 6. The molecule has 0 aliphatic rings. The van der Waals surface area contributed by atoms with Gasteiger partial charge in [-0.25, -0.2) is 13.1 Å². The second-order valence-electron chi connectivity index (χ2n) is 6.41. The third-order valence-electron chi connectivity index (χ3n) is 3.45. The highest BCUT2D eigenvalue weighted by molar-refractivity contribution is 7.89. The zero-order chi connectivity index (χ0) is 19.2. The fourth-order valence-corrected chi connectivity index (χ4v) is 3.36. The van der Waals surface area contributed by atoms with Crippen LogP contribution in [0.1, 0.15) is 38.9 Å². The molecule has 0 bridgehead atoms. The predicted molar refractivity (Wildman–Crippen MR) is 97.1 cm³/mol. The largest absolute Gasteiger partial charge is 0.339 e. The van der Waals surface area contributed by atoms with Gasteiger partial charge in [0, 0.05) is 32.0 Å². The molecule has 0 saturated heterocycles. The average molecular weight is 380 g/mol. The standard InChI is InChI=1S/C17H24N4O4S/c1-12(2)11-16-20-17(25-21-16)5-4-10-18-26(23,24)15-8-6-14(7-9-15)19-13(3)22/h6-9,12,18H,4-5,10-11H2,1-3H3,(H,19,22). The number of amides is 1. The molecule has 1 amide bonds. The molecule has 2 N–H and O–H groups in total. The summed E-state index contributed by atoms with van der Waals surface area (Å²) in [6.07, 6.45) is 1.81. The zero-order valence-electron chi connectivity index (χ0n) is 15.2. The lowest BCUT2D eigenvalue weighted by Crippen LogP contribution is -2.25. The Balaban J connectivity index is 1.82. The van der Waals surface area contributed by atoms with Crippen LogP contribution in [0.25, 0.3) is 0 Å². The van der Waals surface area contributed by atoms with Crippen LogP contribution in [0.5, 0.6) is 0 Å². The summed E-state index contributed by atoms with van der Waals surface area (Å²) in [7, 11) is -3.60. The molecule has 2 aromatic rings. The highest BCUT2D eigenvalue weighted by Crippen LogP contribution is 2.14. The SMILES string of the molecule is CC(=O)Nc1ccc(S(=O)(=O)NCCCc2nc(CC(C)C)no2)cc1. The molecular weight excluding hydrogens is 356 g/mol. The molecule has 0 atom stereocenters. The van der Waals surface area contributed by atoms with Gasteiger partial charge in [0.25, 0.3) is 0 Å². The van der Waals surface area contributed by atoms with Gasteiger partial charge in [-0.3, -0.25) is 4.79 Å². The van der Waals surface area contributed by atoms with Crippen molar-refractivity contribution in [1.29, 1.82) is 0 Å². The maximum atomic E-state index is 12.3. The third kappa shape index (κ3) is 6.23. The topological polar surface area (TPSA) is 114 Å². The molecule has 9 heteroatoms. The van der Waals surface area contributed by atoms with Crippen LogP contribution >= 0.6 is 0 Å². The lowest BCUT2D eigenvalue weighted by molar-refractivity contribution is -0.114. The molecule has 1 aromatic carbocycles. The average Bonchev–Trinajstić information content (AvgIpc) is 2.98. The van der Waals surface area contributed by atoms with Crippen molar-refractivity contribution >= 4 is 21.6 Å². The molecule has 142 valence electrons. The molecule has 1 aromatic heterocycles. The summed E-state index contributed by atoms with van der Waals surface area (Å²) in [6.45, 7) is 5.81. The van der Waals surface area contributed by atoms with E-state index in [2.05, 4.69) is 34.0 Å². The van der Waals surface area contributed by atoms with Crippen molar-refractivity contribution in [3.63, 3.8) is 0 Å². The van der Waals surface area contributed by atoms with Crippen LogP contribution in [-0.4, -0.2) is 31.0 Å². The molecule has 1 heterocycles. The Bertz CT molecular complexity index is 829. The van der Waals surface area contributed by atoms with Gasteiger partial charge in [-0.2, -0.15) is 4.98 Å². The van der Waals surface area contributed by atoms with E-state index in [9.17, 15) is 13.2 Å². The Morgan fingerprint density at radius 2 is 1.92 bits per heavy atom. The van der Waals surface area contributed by atoms with Crippen molar-refractivity contribution in [1.82, 2.24) is 14.9 Å². The van der Waals surface area contributed by atoms with Crippen molar-refractivity contribution in [2.24, 2.45) is 5.92 Å². The van der Waals surface area contributed by atoms with Gasteiger partial charge >= 0.3 is 0 Å². The van der Waals surface area contributed by atoms with Gasteiger partial charge in [-0.15, -0.1) is 0 Å². The monoisotopic (exact) mass is 380 g/mol. The van der Waals surface area contributed by atoms with E-state index in [4.69, 9.17) is 4.52 Å². The normalized spacial score (nSPS) is 11.7. The van der Waals surface area contributed by atoms with Crippen LogP contribution in [-0.2, 0) is 27.7 Å². The number of carbonyl (C=O) groups is 1. The number of rotatable bonds is 9. The summed E-state index contributed by atoms with van der Waals surface area (Å²) in [5.74, 6) is 1.43. The Kier molecular flexibility index (Phi) is 6.87. The number of benzene rings is 1. The fourth-order valence-electron chi connectivity index (χ4n) is 2.29. The minimum absolute atomic E-state index is 0.142. The van der Waals surface area contributed by atoms with E-state index in [1.54, 1.807) is 12.1 Å². The number of aromatic nitrogens is 2. The highest BCUT2D eigenvalue weighted by atomic mass is 32.2. The first-order valence-electron chi connectivity index (χ1n) is 8.45. The van der Waals surface area contributed by atoms with Gasteiger partial charge in [-0.1, -0.05) is 19.0 Å². The number of hydrogen-bond donors (Lipinski definition) is 2. The summed E-state index contributed by atoms with van der Waals surface area (Å²) < 4.78 is 32.2. The first-order valence-corrected chi connectivity index (χ1v) is 9.93. The summed E-state index contributed by atoms with van der Waals surface area (Å²) in [6, 6.07) is 5.99. The number of aryl methyl sites for hydroxylation is 1. The minimum Gasteiger partial charge on any atom is -0.339 e. The zero-order valence-corrected chi connectivity index (χ0v) is 16.0. The van der Waals surface area contributed by atoms with Gasteiger partial charge in [0.15, 0.2) is 5.82 Å². The summed E-state index contributed by atoms with van der Waals surface area (Å²) in [5, 5.41) is 6.50. The highest BCUT2D eigenvalue weighted by Gasteiger charge is 2.14. The Morgan fingerprint density at radius 1 is 1.23 bits per heavy atom. The van der Waals surface area contributed by atoms with E-state index in [1.165, 1.54) is 19.1 Å². The van der Waals surface area contributed by atoms with Crippen molar-refractivity contribution in [3.05, 3.63) is 36.0 Å². The number of nitrogens with zero attached hydrogens (tertiary/aromatic N) is 2. The number of carbonyl (C=O) groups excluding carboxylic acids is 1. The van der Waals surface area contributed by atoms with Crippen LogP contribution in [0.4, 0.5) is 5.69 Å². The smallest absolute Gasteiger partial charge is 0.240 e. The van der Waals surface area contributed by atoms with E-state index in [0.29, 0.717) is 36.2 Å². The molecule has 0 fully saturated rings.